The van der Waals surface area contributed by atoms with Gasteiger partial charge in [0.1, 0.15) is 6.07 Å². The molecule has 1 aromatic rings. The Balaban J connectivity index is 2.40. The lowest BCUT2D eigenvalue weighted by atomic mass is 10.1. The molecule has 1 heterocycles. The number of nitriles is 1. The van der Waals surface area contributed by atoms with E-state index in [1.165, 1.54) is 0 Å². The van der Waals surface area contributed by atoms with Crippen molar-refractivity contribution in [2.75, 3.05) is 17.2 Å². The van der Waals surface area contributed by atoms with Crippen LogP contribution in [-0.4, -0.2) is 23.6 Å². The van der Waals surface area contributed by atoms with Gasteiger partial charge < -0.3 is 4.90 Å². The highest BCUT2D eigenvalue weighted by Gasteiger charge is 2.27. The number of hydrogen-bond donors (Lipinski definition) is 0. The number of benzene rings is 1. The maximum atomic E-state index is 9.22. The molecule has 2 nitrogen and oxygen atoms in total. The van der Waals surface area contributed by atoms with Gasteiger partial charge in [-0.3, -0.25) is 0 Å². The fourth-order valence-corrected chi connectivity index (χ4v) is 3.45. The Kier molecular flexibility index (Phi) is 3.86. The SMILES string of the molecule is CC1SCCN(c2cccc(Cl)c2C#N)C1C. The summed E-state index contributed by atoms with van der Waals surface area (Å²) in [4.78, 5) is 2.30. The van der Waals surface area contributed by atoms with Crippen LogP contribution in [-0.2, 0) is 0 Å². The van der Waals surface area contributed by atoms with E-state index < -0.39 is 0 Å². The van der Waals surface area contributed by atoms with E-state index in [1.807, 2.05) is 23.9 Å². The summed E-state index contributed by atoms with van der Waals surface area (Å²) in [5, 5.41) is 10.3. The fourth-order valence-electron chi connectivity index (χ4n) is 2.14. The van der Waals surface area contributed by atoms with Crippen molar-refractivity contribution in [3.05, 3.63) is 28.8 Å². The normalized spacial score (nSPS) is 24.5. The van der Waals surface area contributed by atoms with Gasteiger partial charge in [0.05, 0.1) is 16.3 Å². The van der Waals surface area contributed by atoms with Crippen LogP contribution in [0, 0.1) is 11.3 Å². The van der Waals surface area contributed by atoms with Crippen molar-refractivity contribution in [2.24, 2.45) is 0 Å². The largest absolute Gasteiger partial charge is 0.366 e. The summed E-state index contributed by atoms with van der Waals surface area (Å²) in [6, 6.07) is 8.32. The summed E-state index contributed by atoms with van der Waals surface area (Å²) in [6.45, 7) is 5.42. The van der Waals surface area contributed by atoms with Crippen LogP contribution >= 0.6 is 23.4 Å². The first-order valence-electron chi connectivity index (χ1n) is 5.72. The van der Waals surface area contributed by atoms with Gasteiger partial charge in [-0.15, -0.1) is 0 Å². The lowest BCUT2D eigenvalue weighted by molar-refractivity contribution is 0.627. The first-order valence-corrected chi connectivity index (χ1v) is 7.14. The second-order valence-electron chi connectivity index (χ2n) is 4.26. The Hall–Kier alpha value is -0.850. The molecule has 4 heteroatoms. The number of thioether (sulfide) groups is 1. The molecule has 0 aromatic heterocycles. The minimum Gasteiger partial charge on any atom is -0.366 e. The van der Waals surface area contributed by atoms with Crippen LogP contribution in [0.2, 0.25) is 5.02 Å². The van der Waals surface area contributed by atoms with E-state index in [1.54, 1.807) is 6.07 Å². The van der Waals surface area contributed by atoms with E-state index in [9.17, 15) is 5.26 Å². The second-order valence-corrected chi connectivity index (χ2v) is 6.15. The third-order valence-corrected chi connectivity index (χ3v) is 4.95. The van der Waals surface area contributed by atoms with Gasteiger partial charge in [-0.05, 0) is 19.1 Å². The van der Waals surface area contributed by atoms with Gasteiger partial charge in [-0.2, -0.15) is 17.0 Å². The molecule has 17 heavy (non-hydrogen) atoms. The Morgan fingerprint density at radius 3 is 2.94 bits per heavy atom. The minimum atomic E-state index is 0.430. The Labute approximate surface area is 112 Å². The van der Waals surface area contributed by atoms with Gasteiger partial charge in [0.2, 0.25) is 0 Å². The zero-order valence-electron chi connectivity index (χ0n) is 9.98. The smallest absolute Gasteiger partial charge is 0.103 e. The average molecular weight is 267 g/mol. The van der Waals surface area contributed by atoms with Crippen molar-refractivity contribution in [1.82, 2.24) is 0 Å². The Morgan fingerprint density at radius 1 is 1.47 bits per heavy atom. The molecule has 0 radical (unpaired) electrons. The summed E-state index contributed by atoms with van der Waals surface area (Å²) in [5.41, 5.74) is 1.57. The van der Waals surface area contributed by atoms with Crippen LogP contribution in [0.3, 0.4) is 0 Å². The van der Waals surface area contributed by atoms with Crippen LogP contribution in [0.25, 0.3) is 0 Å². The lowest BCUT2D eigenvalue weighted by Gasteiger charge is -2.39. The quantitative estimate of drug-likeness (QED) is 0.778. The molecule has 0 spiro atoms. The minimum absolute atomic E-state index is 0.430. The molecule has 1 aliphatic rings. The third kappa shape index (κ3) is 2.38. The predicted octanol–water partition coefficient (Wildman–Crippen LogP) is 3.54. The molecule has 2 rings (SSSR count). The molecule has 0 amide bonds. The van der Waals surface area contributed by atoms with Crippen molar-refractivity contribution < 1.29 is 0 Å². The van der Waals surface area contributed by atoms with E-state index in [2.05, 4.69) is 24.8 Å². The molecule has 0 aliphatic carbocycles. The molecule has 1 saturated heterocycles. The zero-order chi connectivity index (χ0) is 12.4. The summed E-state index contributed by atoms with van der Waals surface area (Å²) in [5.74, 6) is 1.10. The van der Waals surface area contributed by atoms with Crippen LogP contribution in [0.1, 0.15) is 19.4 Å². The molecular formula is C13H15ClN2S. The van der Waals surface area contributed by atoms with E-state index in [0.717, 1.165) is 18.0 Å². The van der Waals surface area contributed by atoms with Crippen LogP contribution in [0.5, 0.6) is 0 Å². The molecule has 0 bridgehead atoms. The van der Waals surface area contributed by atoms with Gasteiger partial charge in [0.25, 0.3) is 0 Å². The van der Waals surface area contributed by atoms with Gasteiger partial charge in [0.15, 0.2) is 0 Å². The van der Waals surface area contributed by atoms with E-state index in [-0.39, 0.29) is 0 Å². The highest BCUT2D eigenvalue weighted by Crippen LogP contribution is 2.33. The third-order valence-electron chi connectivity index (χ3n) is 3.30. The number of nitrogens with zero attached hydrogens (tertiary/aromatic N) is 2. The van der Waals surface area contributed by atoms with Gasteiger partial charge >= 0.3 is 0 Å². The van der Waals surface area contributed by atoms with Crippen molar-refractivity contribution in [1.29, 1.82) is 5.26 Å². The van der Waals surface area contributed by atoms with Gasteiger partial charge in [0, 0.05) is 23.6 Å². The molecule has 1 aliphatic heterocycles. The van der Waals surface area contributed by atoms with Crippen LogP contribution in [0.4, 0.5) is 5.69 Å². The molecule has 0 N–H and O–H groups in total. The predicted molar refractivity (Wildman–Crippen MR) is 74.9 cm³/mol. The van der Waals surface area contributed by atoms with Crippen LogP contribution in [0.15, 0.2) is 18.2 Å². The van der Waals surface area contributed by atoms with E-state index in [4.69, 9.17) is 11.6 Å². The van der Waals surface area contributed by atoms with E-state index >= 15 is 0 Å². The average Bonchev–Trinajstić information content (AvgIpc) is 2.32. The van der Waals surface area contributed by atoms with Crippen molar-refractivity contribution in [3.8, 4) is 6.07 Å². The molecule has 2 atom stereocenters. The number of anilines is 1. The summed E-state index contributed by atoms with van der Waals surface area (Å²) < 4.78 is 0. The standard InChI is InChI=1S/C13H15ClN2S/c1-9-10(2)17-7-6-16(9)13-5-3-4-12(14)11(13)8-15/h3-5,9-10H,6-7H2,1-2H3. The number of halogens is 1. The first-order chi connectivity index (χ1) is 8.15. The molecule has 1 aromatic carbocycles. The zero-order valence-corrected chi connectivity index (χ0v) is 11.6. The maximum Gasteiger partial charge on any atom is 0.103 e. The fraction of sp³-hybridized carbons (Fsp3) is 0.462. The Bertz CT molecular complexity index is 455. The summed E-state index contributed by atoms with van der Waals surface area (Å²) >= 11 is 8.06. The Morgan fingerprint density at radius 2 is 2.24 bits per heavy atom. The highest BCUT2D eigenvalue weighted by molar-refractivity contribution is 8.00. The van der Waals surface area contributed by atoms with Gasteiger partial charge in [-0.1, -0.05) is 24.6 Å². The topological polar surface area (TPSA) is 27.0 Å². The molecular weight excluding hydrogens is 252 g/mol. The summed E-state index contributed by atoms with van der Waals surface area (Å²) in [7, 11) is 0. The number of hydrogen-bond acceptors (Lipinski definition) is 3. The monoisotopic (exact) mass is 266 g/mol. The molecule has 0 saturated carbocycles. The molecule has 90 valence electrons. The van der Waals surface area contributed by atoms with Gasteiger partial charge in [-0.25, -0.2) is 0 Å². The molecule has 1 fully saturated rings. The van der Waals surface area contributed by atoms with Crippen molar-refractivity contribution in [3.63, 3.8) is 0 Å². The van der Waals surface area contributed by atoms with Crippen molar-refractivity contribution in [2.45, 2.75) is 25.1 Å². The maximum absolute atomic E-state index is 9.22. The lowest BCUT2D eigenvalue weighted by Crippen LogP contribution is -2.45. The summed E-state index contributed by atoms with van der Waals surface area (Å²) in [6.07, 6.45) is 0. The van der Waals surface area contributed by atoms with Crippen LogP contribution < -0.4 is 4.90 Å². The highest BCUT2D eigenvalue weighted by atomic mass is 35.5. The van der Waals surface area contributed by atoms with E-state index in [0.29, 0.717) is 21.9 Å². The second kappa shape index (κ2) is 5.20. The first kappa shape index (κ1) is 12.6. The molecule has 2 unspecified atom stereocenters. The van der Waals surface area contributed by atoms with Crippen molar-refractivity contribution >= 4 is 29.1 Å². The number of rotatable bonds is 1.